The van der Waals surface area contributed by atoms with Crippen molar-refractivity contribution in [2.24, 2.45) is 5.10 Å². The van der Waals surface area contributed by atoms with E-state index < -0.39 is 5.91 Å². The third kappa shape index (κ3) is 5.49. The zero-order valence-corrected chi connectivity index (χ0v) is 16.8. The summed E-state index contributed by atoms with van der Waals surface area (Å²) in [5.74, 6) is 0.195. The van der Waals surface area contributed by atoms with Crippen molar-refractivity contribution in [1.82, 2.24) is 5.43 Å². The number of carbonyl (C=O) groups is 1. The zero-order chi connectivity index (χ0) is 19.9. The van der Waals surface area contributed by atoms with Gasteiger partial charge in [0.1, 0.15) is 12.4 Å². The lowest BCUT2D eigenvalue weighted by molar-refractivity contribution is 0.0955. The third-order valence-corrected chi connectivity index (χ3v) is 4.53. The van der Waals surface area contributed by atoms with Gasteiger partial charge in [-0.25, -0.2) is 5.43 Å². The van der Waals surface area contributed by atoms with E-state index in [9.17, 15) is 4.79 Å². The second-order valence-corrected chi connectivity index (χ2v) is 7.06. The van der Waals surface area contributed by atoms with E-state index >= 15 is 0 Å². The second-order valence-electron chi connectivity index (χ2n) is 5.78. The van der Waals surface area contributed by atoms with Crippen molar-refractivity contribution in [3.05, 3.63) is 98.5 Å². The SMILES string of the molecule is O=C(N/N=C\c1ccccc1OCc1cccc(Cl)c1)c1ccc(Cl)cc1Cl. The van der Waals surface area contributed by atoms with E-state index in [1.165, 1.54) is 18.3 Å². The van der Waals surface area contributed by atoms with E-state index in [1.54, 1.807) is 12.1 Å². The highest BCUT2D eigenvalue weighted by atomic mass is 35.5. The molecule has 0 radical (unpaired) electrons. The maximum atomic E-state index is 12.2. The summed E-state index contributed by atoms with van der Waals surface area (Å²) in [4.78, 5) is 12.2. The second kappa shape index (κ2) is 9.60. The van der Waals surface area contributed by atoms with Crippen molar-refractivity contribution in [2.45, 2.75) is 6.61 Å². The minimum Gasteiger partial charge on any atom is -0.488 e. The maximum Gasteiger partial charge on any atom is 0.272 e. The smallest absolute Gasteiger partial charge is 0.272 e. The summed E-state index contributed by atoms with van der Waals surface area (Å²) < 4.78 is 5.85. The Morgan fingerprint density at radius 2 is 1.75 bits per heavy atom. The molecule has 0 unspecified atom stereocenters. The molecule has 3 aromatic rings. The standard InChI is InChI=1S/C21H15Cl3N2O2/c22-16-6-3-4-14(10-16)13-28-20-7-2-1-5-15(20)12-25-26-21(27)18-9-8-17(23)11-19(18)24/h1-12H,13H2,(H,26,27)/b25-12-. The number of hydrogen-bond acceptors (Lipinski definition) is 3. The van der Waals surface area contributed by atoms with Crippen molar-refractivity contribution in [1.29, 1.82) is 0 Å². The number of para-hydroxylation sites is 1. The zero-order valence-electron chi connectivity index (χ0n) is 14.5. The van der Waals surface area contributed by atoms with Gasteiger partial charge in [-0.2, -0.15) is 5.10 Å². The molecule has 3 aromatic carbocycles. The number of ether oxygens (including phenoxy) is 1. The fourth-order valence-corrected chi connectivity index (χ4v) is 3.11. The number of carbonyl (C=O) groups excluding carboxylic acids is 1. The van der Waals surface area contributed by atoms with Crippen LogP contribution < -0.4 is 10.2 Å². The van der Waals surface area contributed by atoms with Crippen LogP contribution in [-0.2, 0) is 6.61 Å². The molecule has 142 valence electrons. The minimum atomic E-state index is -0.435. The van der Waals surface area contributed by atoms with E-state index in [-0.39, 0.29) is 10.6 Å². The average molecular weight is 434 g/mol. The molecule has 0 aliphatic heterocycles. The van der Waals surface area contributed by atoms with Gasteiger partial charge < -0.3 is 4.74 Å². The Hall–Kier alpha value is -2.53. The Morgan fingerprint density at radius 3 is 2.54 bits per heavy atom. The van der Waals surface area contributed by atoms with Crippen molar-refractivity contribution < 1.29 is 9.53 Å². The van der Waals surface area contributed by atoms with Crippen LogP contribution in [0.5, 0.6) is 5.75 Å². The highest BCUT2D eigenvalue weighted by Gasteiger charge is 2.10. The van der Waals surface area contributed by atoms with Crippen LogP contribution in [0.15, 0.2) is 71.8 Å². The van der Waals surface area contributed by atoms with E-state index in [4.69, 9.17) is 39.5 Å². The van der Waals surface area contributed by atoms with Crippen molar-refractivity contribution in [2.75, 3.05) is 0 Å². The molecule has 0 aromatic heterocycles. The minimum absolute atomic E-state index is 0.255. The highest BCUT2D eigenvalue weighted by Crippen LogP contribution is 2.21. The molecule has 0 saturated carbocycles. The molecule has 0 aliphatic carbocycles. The molecule has 0 atom stereocenters. The third-order valence-electron chi connectivity index (χ3n) is 3.75. The maximum absolute atomic E-state index is 12.2. The van der Waals surface area contributed by atoms with E-state index in [2.05, 4.69) is 10.5 Å². The van der Waals surface area contributed by atoms with Gasteiger partial charge in [0, 0.05) is 15.6 Å². The van der Waals surface area contributed by atoms with E-state index in [0.717, 1.165) is 5.56 Å². The monoisotopic (exact) mass is 432 g/mol. The lowest BCUT2D eigenvalue weighted by Crippen LogP contribution is -2.18. The summed E-state index contributed by atoms with van der Waals surface area (Å²) in [6.07, 6.45) is 1.51. The van der Waals surface area contributed by atoms with Gasteiger partial charge in [0.25, 0.3) is 5.91 Å². The largest absolute Gasteiger partial charge is 0.488 e. The van der Waals surface area contributed by atoms with Crippen LogP contribution in [0.25, 0.3) is 0 Å². The molecule has 0 aliphatic rings. The van der Waals surface area contributed by atoms with Crippen molar-refractivity contribution >= 4 is 46.9 Å². The molecule has 0 saturated heterocycles. The number of hydrogen-bond donors (Lipinski definition) is 1. The molecule has 28 heavy (non-hydrogen) atoms. The Balaban J connectivity index is 1.66. The fourth-order valence-electron chi connectivity index (χ4n) is 2.40. The van der Waals surface area contributed by atoms with Gasteiger partial charge in [-0.1, -0.05) is 59.1 Å². The number of amides is 1. The van der Waals surface area contributed by atoms with Gasteiger partial charge >= 0.3 is 0 Å². The van der Waals surface area contributed by atoms with Gasteiger partial charge in [0.05, 0.1) is 16.8 Å². The molecular weight excluding hydrogens is 419 g/mol. The lowest BCUT2D eigenvalue weighted by atomic mass is 10.2. The van der Waals surface area contributed by atoms with Gasteiger partial charge in [-0.3, -0.25) is 4.79 Å². The first-order chi connectivity index (χ1) is 13.5. The quantitative estimate of drug-likeness (QED) is 0.383. The van der Waals surface area contributed by atoms with Gasteiger partial charge in [0.15, 0.2) is 0 Å². The number of halogens is 3. The average Bonchev–Trinajstić information content (AvgIpc) is 2.67. The van der Waals surface area contributed by atoms with Crippen LogP contribution in [0, 0.1) is 0 Å². The van der Waals surface area contributed by atoms with Gasteiger partial charge in [-0.05, 0) is 48.0 Å². The van der Waals surface area contributed by atoms with Crippen LogP contribution in [-0.4, -0.2) is 12.1 Å². The van der Waals surface area contributed by atoms with Gasteiger partial charge in [0.2, 0.25) is 0 Å². The van der Waals surface area contributed by atoms with Crippen LogP contribution in [0.1, 0.15) is 21.5 Å². The topological polar surface area (TPSA) is 50.7 Å². The van der Waals surface area contributed by atoms with Crippen LogP contribution >= 0.6 is 34.8 Å². The van der Waals surface area contributed by atoms with E-state index in [1.807, 2.05) is 42.5 Å². The summed E-state index contributed by atoms with van der Waals surface area (Å²) in [5, 5.41) is 5.36. The molecule has 0 spiro atoms. The van der Waals surface area contributed by atoms with E-state index in [0.29, 0.717) is 28.0 Å². The summed E-state index contributed by atoms with van der Waals surface area (Å²) in [5.41, 5.74) is 4.40. The predicted molar refractivity (Wildman–Crippen MR) is 114 cm³/mol. The lowest BCUT2D eigenvalue weighted by Gasteiger charge is -2.09. The van der Waals surface area contributed by atoms with Crippen molar-refractivity contribution in [3.63, 3.8) is 0 Å². The molecule has 3 rings (SSSR count). The number of benzene rings is 3. The summed E-state index contributed by atoms with van der Waals surface area (Å²) in [6, 6.07) is 19.4. The van der Waals surface area contributed by atoms with Crippen LogP contribution in [0.4, 0.5) is 0 Å². The molecule has 1 amide bonds. The Morgan fingerprint density at radius 1 is 0.964 bits per heavy atom. The first kappa shape index (κ1) is 20.2. The number of nitrogens with zero attached hydrogens (tertiary/aromatic N) is 1. The summed E-state index contributed by atoms with van der Waals surface area (Å²) >= 11 is 17.9. The highest BCUT2D eigenvalue weighted by molar-refractivity contribution is 6.36. The molecule has 0 heterocycles. The van der Waals surface area contributed by atoms with Crippen LogP contribution in [0.2, 0.25) is 15.1 Å². The summed E-state index contributed by atoms with van der Waals surface area (Å²) in [7, 11) is 0. The first-order valence-corrected chi connectivity index (χ1v) is 9.41. The van der Waals surface area contributed by atoms with Crippen molar-refractivity contribution in [3.8, 4) is 5.75 Å². The Labute approximate surface area is 177 Å². The Bertz CT molecular complexity index is 1020. The molecular formula is C21H15Cl3N2O2. The van der Waals surface area contributed by atoms with Crippen LogP contribution in [0.3, 0.4) is 0 Å². The fraction of sp³-hybridized carbons (Fsp3) is 0.0476. The molecule has 4 nitrogen and oxygen atoms in total. The van der Waals surface area contributed by atoms with Gasteiger partial charge in [-0.15, -0.1) is 0 Å². The molecule has 0 fully saturated rings. The first-order valence-electron chi connectivity index (χ1n) is 8.27. The number of nitrogens with one attached hydrogen (secondary N) is 1. The predicted octanol–water partition coefficient (Wildman–Crippen LogP) is 5.99. The molecule has 0 bridgehead atoms. The summed E-state index contributed by atoms with van der Waals surface area (Å²) in [6.45, 7) is 0.359. The molecule has 1 N–H and O–H groups in total. The Kier molecular flexibility index (Phi) is 6.93. The normalized spacial score (nSPS) is 10.8. The number of rotatable bonds is 6. The number of hydrazone groups is 1. The molecule has 7 heteroatoms.